The van der Waals surface area contributed by atoms with Crippen LogP contribution in [0.2, 0.25) is 0 Å². The minimum absolute atomic E-state index is 0.0897. The molecule has 0 spiro atoms. The van der Waals surface area contributed by atoms with E-state index in [1.54, 1.807) is 12.1 Å². The smallest absolute Gasteiger partial charge is 0.264 e. The van der Waals surface area contributed by atoms with Crippen LogP contribution in [-0.4, -0.2) is 8.42 Å². The third kappa shape index (κ3) is 2.06. The molecule has 65 valence electrons. The van der Waals surface area contributed by atoms with Crippen LogP contribution in [0.5, 0.6) is 0 Å². The van der Waals surface area contributed by atoms with Crippen molar-refractivity contribution in [3.8, 4) is 0 Å². The highest BCUT2D eigenvalue weighted by Crippen LogP contribution is 2.17. The Kier molecular flexibility index (Phi) is 2.87. The van der Waals surface area contributed by atoms with Gasteiger partial charge in [0.05, 0.1) is 12.0 Å². The topological polar surface area (TPSA) is 43.4 Å². The summed E-state index contributed by atoms with van der Waals surface area (Å²) in [5.41, 5.74) is 0. The molecule has 0 aliphatic heterocycles. The van der Waals surface area contributed by atoms with E-state index in [4.69, 9.17) is 0 Å². The maximum atomic E-state index is 11.0. The number of rotatable bonds is 2. The van der Waals surface area contributed by atoms with Crippen LogP contribution < -0.4 is 0 Å². The Bertz CT molecular complexity index is 372. The van der Waals surface area contributed by atoms with Crippen molar-refractivity contribution in [2.45, 2.75) is 4.90 Å². The van der Waals surface area contributed by atoms with Crippen LogP contribution in [0.4, 0.5) is 0 Å². The average molecular weight is 250 g/mol. The molecule has 3 nitrogen and oxygen atoms in total. The number of halogens is 1. The highest BCUT2D eigenvalue weighted by atomic mass is 79.9. The maximum Gasteiger partial charge on any atom is 0.297 e. The van der Waals surface area contributed by atoms with Crippen molar-refractivity contribution in [2.75, 3.05) is 0 Å². The molecule has 0 bridgehead atoms. The van der Waals surface area contributed by atoms with E-state index in [-0.39, 0.29) is 4.90 Å². The zero-order valence-electron chi connectivity index (χ0n) is 6.03. The van der Waals surface area contributed by atoms with Gasteiger partial charge in [0.15, 0.2) is 0 Å². The molecule has 0 fully saturated rings. The van der Waals surface area contributed by atoms with Crippen molar-refractivity contribution >= 4 is 26.0 Å². The van der Waals surface area contributed by atoms with Crippen molar-refractivity contribution in [1.29, 1.82) is 0 Å². The Hall–Kier alpha value is -0.390. The molecule has 0 aliphatic rings. The first-order chi connectivity index (χ1) is 5.56. The van der Waals surface area contributed by atoms with Crippen LogP contribution in [0.15, 0.2) is 33.6 Å². The van der Waals surface area contributed by atoms with Gasteiger partial charge >= 0.3 is 0 Å². The predicted molar refractivity (Wildman–Crippen MR) is 47.8 cm³/mol. The summed E-state index contributed by atoms with van der Waals surface area (Å²) >= 11 is 3.14. The standard InChI is InChI=1S/C7H6BrO3S/c1-11-12(9,10)7-4-2-3-6(8)5-7/h2-5H,1H2. The lowest BCUT2D eigenvalue weighted by atomic mass is 10.4. The monoisotopic (exact) mass is 249 g/mol. The summed E-state index contributed by atoms with van der Waals surface area (Å²) in [4.78, 5) is 0.0897. The maximum absolute atomic E-state index is 11.0. The molecule has 12 heavy (non-hydrogen) atoms. The molecular formula is C7H6BrO3S. The molecule has 1 aromatic carbocycles. The SMILES string of the molecule is [CH2]OS(=O)(=O)c1cccc(Br)c1. The van der Waals surface area contributed by atoms with Crippen molar-refractivity contribution in [3.63, 3.8) is 0 Å². The zero-order chi connectivity index (χ0) is 9.19. The second kappa shape index (κ2) is 3.55. The molecular weight excluding hydrogens is 244 g/mol. The summed E-state index contributed by atoms with van der Waals surface area (Å²) in [5.74, 6) is 0. The minimum atomic E-state index is -3.66. The van der Waals surface area contributed by atoms with E-state index < -0.39 is 10.1 Å². The van der Waals surface area contributed by atoms with E-state index in [2.05, 4.69) is 27.2 Å². The first kappa shape index (κ1) is 9.70. The van der Waals surface area contributed by atoms with Crippen LogP contribution in [0.3, 0.4) is 0 Å². The summed E-state index contributed by atoms with van der Waals surface area (Å²) in [5, 5.41) is 0. The zero-order valence-corrected chi connectivity index (χ0v) is 8.43. The number of benzene rings is 1. The molecule has 0 aliphatic carbocycles. The third-order valence-electron chi connectivity index (χ3n) is 1.24. The average Bonchev–Trinajstić information content (AvgIpc) is 2.05. The van der Waals surface area contributed by atoms with Crippen LogP contribution in [0.25, 0.3) is 0 Å². The first-order valence-corrected chi connectivity index (χ1v) is 5.20. The Balaban J connectivity index is 3.21. The van der Waals surface area contributed by atoms with Gasteiger partial charge in [-0.1, -0.05) is 22.0 Å². The van der Waals surface area contributed by atoms with Crippen LogP contribution in [0, 0.1) is 7.11 Å². The van der Waals surface area contributed by atoms with E-state index in [9.17, 15) is 8.42 Å². The number of hydrogen-bond donors (Lipinski definition) is 0. The lowest BCUT2D eigenvalue weighted by molar-refractivity contribution is 0.438. The third-order valence-corrected chi connectivity index (χ3v) is 2.87. The van der Waals surface area contributed by atoms with Gasteiger partial charge in [-0.05, 0) is 18.2 Å². The minimum Gasteiger partial charge on any atom is -0.264 e. The van der Waals surface area contributed by atoms with Gasteiger partial charge in [0.1, 0.15) is 0 Å². The first-order valence-electron chi connectivity index (χ1n) is 3.00. The van der Waals surface area contributed by atoms with E-state index in [1.807, 2.05) is 0 Å². The van der Waals surface area contributed by atoms with Gasteiger partial charge in [-0.25, -0.2) is 0 Å². The van der Waals surface area contributed by atoms with Crippen LogP contribution in [0.1, 0.15) is 0 Å². The van der Waals surface area contributed by atoms with E-state index in [0.717, 1.165) is 0 Å². The Morgan fingerprint density at radius 2 is 2.08 bits per heavy atom. The van der Waals surface area contributed by atoms with E-state index >= 15 is 0 Å². The predicted octanol–water partition coefficient (Wildman–Crippen LogP) is 1.95. The molecule has 1 aromatic rings. The van der Waals surface area contributed by atoms with Gasteiger partial charge in [0.25, 0.3) is 10.1 Å². The Morgan fingerprint density at radius 1 is 1.42 bits per heavy atom. The molecule has 0 atom stereocenters. The highest BCUT2D eigenvalue weighted by Gasteiger charge is 2.11. The fourth-order valence-electron chi connectivity index (χ4n) is 0.691. The molecule has 0 heterocycles. The summed E-state index contributed by atoms with van der Waals surface area (Å²) < 4.78 is 26.9. The quantitative estimate of drug-likeness (QED) is 0.753. The molecule has 1 rings (SSSR count). The van der Waals surface area contributed by atoms with Crippen molar-refractivity contribution in [2.24, 2.45) is 0 Å². The van der Waals surface area contributed by atoms with Gasteiger partial charge in [-0.3, -0.25) is 4.18 Å². The van der Waals surface area contributed by atoms with Crippen molar-refractivity contribution in [1.82, 2.24) is 0 Å². The lowest BCUT2D eigenvalue weighted by Gasteiger charge is -2.00. The van der Waals surface area contributed by atoms with E-state index in [0.29, 0.717) is 4.47 Å². The molecule has 0 unspecified atom stereocenters. The Labute approximate surface area is 79.6 Å². The molecule has 0 saturated heterocycles. The van der Waals surface area contributed by atoms with Crippen LogP contribution >= 0.6 is 15.9 Å². The summed E-state index contributed by atoms with van der Waals surface area (Å²) in [6.45, 7) is 0. The van der Waals surface area contributed by atoms with Crippen molar-refractivity contribution < 1.29 is 12.6 Å². The van der Waals surface area contributed by atoms with Crippen LogP contribution in [-0.2, 0) is 14.3 Å². The lowest BCUT2D eigenvalue weighted by Crippen LogP contribution is -2.00. The molecule has 0 amide bonds. The molecule has 0 N–H and O–H groups in total. The normalized spacial score (nSPS) is 11.5. The molecule has 0 aromatic heterocycles. The highest BCUT2D eigenvalue weighted by molar-refractivity contribution is 9.10. The van der Waals surface area contributed by atoms with Gasteiger partial charge in [-0.2, -0.15) is 8.42 Å². The molecule has 1 radical (unpaired) electrons. The molecule has 0 saturated carbocycles. The molecule has 5 heteroatoms. The van der Waals surface area contributed by atoms with Crippen molar-refractivity contribution in [3.05, 3.63) is 35.8 Å². The fourth-order valence-corrected chi connectivity index (χ4v) is 1.89. The van der Waals surface area contributed by atoms with E-state index in [1.165, 1.54) is 12.1 Å². The second-order valence-corrected chi connectivity index (χ2v) is 4.56. The summed E-state index contributed by atoms with van der Waals surface area (Å²) in [7, 11) is -0.802. The van der Waals surface area contributed by atoms with Gasteiger partial charge in [0.2, 0.25) is 0 Å². The van der Waals surface area contributed by atoms with Gasteiger partial charge < -0.3 is 0 Å². The van der Waals surface area contributed by atoms with Gasteiger partial charge in [-0.15, -0.1) is 0 Å². The largest absolute Gasteiger partial charge is 0.297 e. The number of hydrogen-bond acceptors (Lipinski definition) is 3. The summed E-state index contributed by atoms with van der Waals surface area (Å²) in [6, 6.07) is 6.21. The Morgan fingerprint density at radius 3 is 2.58 bits per heavy atom. The summed E-state index contributed by atoms with van der Waals surface area (Å²) in [6.07, 6.45) is 0. The fraction of sp³-hybridized carbons (Fsp3) is 0. The van der Waals surface area contributed by atoms with Gasteiger partial charge in [0, 0.05) is 4.47 Å². The second-order valence-electron chi connectivity index (χ2n) is 2.03.